The Hall–Kier alpha value is -1.76. The van der Waals surface area contributed by atoms with Gasteiger partial charge < -0.3 is 15.9 Å². The van der Waals surface area contributed by atoms with Gasteiger partial charge in [-0.25, -0.2) is 4.39 Å². The molecule has 0 saturated carbocycles. The van der Waals surface area contributed by atoms with Crippen LogP contribution in [-0.4, -0.2) is 20.0 Å². The van der Waals surface area contributed by atoms with E-state index >= 15 is 0 Å². The number of halogens is 2. The molecule has 2 rings (SSSR count). The summed E-state index contributed by atoms with van der Waals surface area (Å²) >= 11 is 2.95. The van der Waals surface area contributed by atoms with Crippen LogP contribution in [0.4, 0.5) is 10.2 Å². The molecule has 0 aliphatic carbocycles. The number of aromatic nitrogens is 2. The lowest BCUT2D eigenvalue weighted by atomic mass is 10.1. The van der Waals surface area contributed by atoms with Gasteiger partial charge in [0, 0.05) is 13.1 Å². The molecule has 1 aromatic carbocycles. The predicted octanol–water partition coefficient (Wildman–Crippen LogP) is 1.98. The summed E-state index contributed by atoms with van der Waals surface area (Å²) in [6.45, 7) is 0. The summed E-state index contributed by atoms with van der Waals surface area (Å²) in [5.41, 5.74) is 5.74. The molecule has 0 saturated heterocycles. The fourth-order valence-corrected chi connectivity index (χ4v) is 1.90. The van der Waals surface area contributed by atoms with E-state index < -0.39 is 17.3 Å². The molecular formula is C10H9BrFN3O2. The third-order valence-electron chi connectivity index (χ3n) is 2.43. The molecule has 0 aliphatic heterocycles. The summed E-state index contributed by atoms with van der Waals surface area (Å²) in [7, 11) is 1.59. The summed E-state index contributed by atoms with van der Waals surface area (Å²) in [5.74, 6) is -1.52. The van der Waals surface area contributed by atoms with Gasteiger partial charge >= 0.3 is 0 Å². The second kappa shape index (κ2) is 3.92. The number of nitrogens with two attached hydrogens (primary N) is 1. The molecule has 0 atom stereocenters. The monoisotopic (exact) mass is 301 g/mol. The molecule has 0 bridgehead atoms. The molecule has 5 nitrogen and oxygen atoms in total. The molecule has 0 radical (unpaired) electrons. The molecule has 0 fully saturated rings. The zero-order chi connectivity index (χ0) is 12.7. The lowest BCUT2D eigenvalue weighted by Gasteiger charge is -2.08. The van der Waals surface area contributed by atoms with E-state index in [0.717, 1.165) is 6.07 Å². The van der Waals surface area contributed by atoms with Crippen molar-refractivity contribution in [2.75, 3.05) is 5.73 Å². The molecule has 90 valence electrons. The van der Waals surface area contributed by atoms with Crippen LogP contribution < -0.4 is 5.73 Å². The van der Waals surface area contributed by atoms with E-state index in [1.165, 1.54) is 10.9 Å². The largest absolute Gasteiger partial charge is 0.504 e. The number of benzene rings is 1. The standard InChI is InChI=1S/C10H9BrFN3O2/c1-15-10(13)4(3-14-15)7-8(12)5(11)2-6(16)9(7)17/h2-3,16-17H,13H2,1H3. The van der Waals surface area contributed by atoms with Gasteiger partial charge in [0.15, 0.2) is 11.5 Å². The SMILES string of the molecule is Cn1ncc(-c2c(O)c(O)cc(Br)c2F)c1N. The fraction of sp³-hybridized carbons (Fsp3) is 0.100. The highest BCUT2D eigenvalue weighted by Crippen LogP contribution is 2.43. The van der Waals surface area contributed by atoms with E-state index in [4.69, 9.17) is 5.73 Å². The number of aryl methyl sites for hydroxylation is 1. The Morgan fingerprint density at radius 1 is 1.47 bits per heavy atom. The van der Waals surface area contributed by atoms with Crippen LogP contribution in [0.3, 0.4) is 0 Å². The number of nitrogens with zero attached hydrogens (tertiary/aromatic N) is 2. The summed E-state index contributed by atoms with van der Waals surface area (Å²) in [4.78, 5) is 0. The normalized spacial score (nSPS) is 10.8. The first-order chi connectivity index (χ1) is 7.93. The summed E-state index contributed by atoms with van der Waals surface area (Å²) in [6, 6.07) is 1.07. The Bertz CT molecular complexity index is 571. The van der Waals surface area contributed by atoms with Crippen molar-refractivity contribution >= 4 is 21.7 Å². The van der Waals surface area contributed by atoms with Crippen molar-refractivity contribution < 1.29 is 14.6 Å². The molecule has 0 unspecified atom stereocenters. The maximum atomic E-state index is 13.9. The van der Waals surface area contributed by atoms with Crippen LogP contribution in [0.2, 0.25) is 0 Å². The lowest BCUT2D eigenvalue weighted by molar-refractivity contribution is 0.401. The minimum atomic E-state index is -0.708. The van der Waals surface area contributed by atoms with E-state index in [1.807, 2.05) is 0 Å². The zero-order valence-electron chi connectivity index (χ0n) is 8.78. The Balaban J connectivity index is 2.79. The molecule has 7 heteroatoms. The molecule has 0 aliphatic rings. The first-order valence-electron chi connectivity index (χ1n) is 4.61. The Morgan fingerprint density at radius 2 is 2.12 bits per heavy atom. The fourth-order valence-electron chi connectivity index (χ4n) is 1.49. The Kier molecular flexibility index (Phi) is 2.70. The third kappa shape index (κ3) is 1.72. The minimum Gasteiger partial charge on any atom is -0.504 e. The van der Waals surface area contributed by atoms with Gasteiger partial charge in [-0.3, -0.25) is 4.68 Å². The molecule has 0 spiro atoms. The van der Waals surface area contributed by atoms with E-state index in [9.17, 15) is 14.6 Å². The van der Waals surface area contributed by atoms with Gasteiger partial charge in [0.05, 0.1) is 21.8 Å². The smallest absolute Gasteiger partial charge is 0.168 e. The second-order valence-corrected chi connectivity index (χ2v) is 4.34. The van der Waals surface area contributed by atoms with Crippen molar-refractivity contribution in [3.63, 3.8) is 0 Å². The Labute approximate surface area is 104 Å². The average molecular weight is 302 g/mol. The summed E-state index contributed by atoms with van der Waals surface area (Å²) in [6.07, 6.45) is 1.32. The van der Waals surface area contributed by atoms with E-state index in [2.05, 4.69) is 21.0 Å². The molecule has 1 heterocycles. The second-order valence-electron chi connectivity index (χ2n) is 3.48. The van der Waals surface area contributed by atoms with Crippen molar-refractivity contribution in [1.82, 2.24) is 9.78 Å². The highest BCUT2D eigenvalue weighted by atomic mass is 79.9. The number of hydrogen-bond acceptors (Lipinski definition) is 4. The topological polar surface area (TPSA) is 84.3 Å². The van der Waals surface area contributed by atoms with E-state index in [-0.39, 0.29) is 21.4 Å². The van der Waals surface area contributed by atoms with Crippen LogP contribution in [0.15, 0.2) is 16.7 Å². The first-order valence-corrected chi connectivity index (χ1v) is 5.40. The van der Waals surface area contributed by atoms with Gasteiger partial charge in [0.2, 0.25) is 0 Å². The molecule has 2 aromatic rings. The highest BCUT2D eigenvalue weighted by molar-refractivity contribution is 9.10. The van der Waals surface area contributed by atoms with Crippen LogP contribution in [0, 0.1) is 5.82 Å². The van der Waals surface area contributed by atoms with Crippen molar-refractivity contribution in [3.05, 3.63) is 22.6 Å². The molecule has 1 aromatic heterocycles. The van der Waals surface area contributed by atoms with Crippen LogP contribution >= 0.6 is 15.9 Å². The molecule has 17 heavy (non-hydrogen) atoms. The molecular weight excluding hydrogens is 293 g/mol. The van der Waals surface area contributed by atoms with Gasteiger partial charge in [0.1, 0.15) is 11.6 Å². The number of phenolic OH excluding ortho intramolecular Hbond substituents is 2. The number of aromatic hydroxyl groups is 2. The van der Waals surface area contributed by atoms with Crippen molar-refractivity contribution in [2.45, 2.75) is 0 Å². The average Bonchev–Trinajstić information content (AvgIpc) is 2.59. The number of rotatable bonds is 1. The maximum absolute atomic E-state index is 13.9. The number of anilines is 1. The van der Waals surface area contributed by atoms with E-state index in [0.29, 0.717) is 0 Å². The molecule has 4 N–H and O–H groups in total. The van der Waals surface area contributed by atoms with Crippen LogP contribution in [-0.2, 0) is 7.05 Å². The van der Waals surface area contributed by atoms with Gasteiger partial charge in [0.25, 0.3) is 0 Å². The van der Waals surface area contributed by atoms with Gasteiger partial charge in [-0.15, -0.1) is 0 Å². The number of nitrogen functional groups attached to an aromatic ring is 1. The van der Waals surface area contributed by atoms with Crippen LogP contribution in [0.1, 0.15) is 0 Å². The predicted molar refractivity (Wildman–Crippen MR) is 64.0 cm³/mol. The maximum Gasteiger partial charge on any atom is 0.168 e. The lowest BCUT2D eigenvalue weighted by Crippen LogP contribution is -1.99. The van der Waals surface area contributed by atoms with Crippen molar-refractivity contribution in [2.24, 2.45) is 7.05 Å². The Morgan fingerprint density at radius 3 is 2.65 bits per heavy atom. The van der Waals surface area contributed by atoms with Crippen LogP contribution in [0.25, 0.3) is 11.1 Å². The van der Waals surface area contributed by atoms with Crippen molar-refractivity contribution in [1.29, 1.82) is 0 Å². The van der Waals surface area contributed by atoms with Crippen LogP contribution in [0.5, 0.6) is 11.5 Å². The zero-order valence-corrected chi connectivity index (χ0v) is 10.4. The van der Waals surface area contributed by atoms with E-state index in [1.54, 1.807) is 7.05 Å². The minimum absolute atomic E-state index is 0.0334. The number of hydrogen-bond donors (Lipinski definition) is 3. The first kappa shape index (κ1) is 11.7. The van der Waals surface area contributed by atoms with Gasteiger partial charge in [-0.2, -0.15) is 5.10 Å². The van der Waals surface area contributed by atoms with Gasteiger partial charge in [-0.05, 0) is 15.9 Å². The number of phenols is 2. The van der Waals surface area contributed by atoms with Crippen molar-refractivity contribution in [3.8, 4) is 22.6 Å². The summed E-state index contributed by atoms with van der Waals surface area (Å²) in [5, 5.41) is 23.0. The summed E-state index contributed by atoms with van der Waals surface area (Å²) < 4.78 is 15.3. The highest BCUT2D eigenvalue weighted by Gasteiger charge is 2.21. The third-order valence-corrected chi connectivity index (χ3v) is 3.00. The quantitative estimate of drug-likeness (QED) is 0.703. The van der Waals surface area contributed by atoms with Gasteiger partial charge in [-0.1, -0.05) is 0 Å². The molecule has 0 amide bonds.